The molecule has 174 valence electrons. The van der Waals surface area contributed by atoms with Crippen molar-refractivity contribution in [1.29, 1.82) is 0 Å². The van der Waals surface area contributed by atoms with Gasteiger partial charge in [0.25, 0.3) is 0 Å². The van der Waals surface area contributed by atoms with E-state index in [0.29, 0.717) is 0 Å². The van der Waals surface area contributed by atoms with Crippen LogP contribution in [0.5, 0.6) is 11.5 Å². The number of anilines is 3. The van der Waals surface area contributed by atoms with Crippen LogP contribution in [0.3, 0.4) is 0 Å². The highest BCUT2D eigenvalue weighted by Crippen LogP contribution is 2.49. The van der Waals surface area contributed by atoms with Crippen molar-refractivity contribution in [3.8, 4) is 11.5 Å². The zero-order valence-corrected chi connectivity index (χ0v) is 17.4. The van der Waals surface area contributed by atoms with E-state index in [4.69, 9.17) is 16.2 Å². The van der Waals surface area contributed by atoms with Gasteiger partial charge < -0.3 is 16.2 Å². The van der Waals surface area contributed by atoms with Gasteiger partial charge in [-0.2, -0.15) is 0 Å². The van der Waals surface area contributed by atoms with Crippen molar-refractivity contribution < 1.29 is 28.0 Å². The maximum atomic E-state index is 15.0. The van der Waals surface area contributed by atoms with Gasteiger partial charge in [-0.25, -0.2) is 13.8 Å². The lowest BCUT2D eigenvalue weighted by Gasteiger charge is -2.26. The summed E-state index contributed by atoms with van der Waals surface area (Å²) in [5.41, 5.74) is 9.08. The maximum absolute atomic E-state index is 15.0. The summed E-state index contributed by atoms with van der Waals surface area (Å²) >= 11 is 0. The van der Waals surface area contributed by atoms with Crippen molar-refractivity contribution in [1.82, 2.24) is 4.98 Å². The summed E-state index contributed by atoms with van der Waals surface area (Å²) in [6.07, 6.45) is 1.63. The Kier molecular flexibility index (Phi) is 5.57. The van der Waals surface area contributed by atoms with E-state index in [0.717, 1.165) is 41.4 Å². The lowest BCUT2D eigenvalue weighted by Crippen LogP contribution is -2.41. The number of benzene rings is 2. The van der Waals surface area contributed by atoms with Crippen molar-refractivity contribution in [3.05, 3.63) is 76.5 Å². The van der Waals surface area contributed by atoms with E-state index in [1.807, 2.05) is 0 Å². The molecule has 1 aliphatic carbocycles. The van der Waals surface area contributed by atoms with Gasteiger partial charge in [-0.1, -0.05) is 0 Å². The molecule has 10 nitrogen and oxygen atoms in total. The summed E-state index contributed by atoms with van der Waals surface area (Å²) in [7, 11) is 0. The van der Waals surface area contributed by atoms with Gasteiger partial charge in [0.05, 0.1) is 10.6 Å². The molecule has 1 fully saturated rings. The smallest absolute Gasteiger partial charge is 0.353 e. The molecule has 1 saturated carbocycles. The summed E-state index contributed by atoms with van der Waals surface area (Å²) in [6, 6.07) is 9.39. The lowest BCUT2D eigenvalue weighted by molar-refractivity contribution is -0.384. The first-order valence-electron chi connectivity index (χ1n) is 9.90. The van der Waals surface area contributed by atoms with Gasteiger partial charge in [-0.3, -0.25) is 24.6 Å². The van der Waals surface area contributed by atoms with Crippen LogP contribution in [0, 0.1) is 27.2 Å². The number of halogens is 2. The van der Waals surface area contributed by atoms with E-state index in [2.05, 4.69) is 4.98 Å². The van der Waals surface area contributed by atoms with Gasteiger partial charge in [-0.15, -0.1) is 0 Å². The third-order valence-electron chi connectivity index (χ3n) is 5.41. The SMILES string of the molecule is NC(=O)C1(C(=O)N(c2ccc(F)cc2)c2ccc(Oc3ccnc(N)c3[N+](=O)[O-])c(F)c2)CC1. The number of nitrogens with two attached hydrogens (primary N) is 2. The number of carbonyl (C=O) groups is 2. The summed E-state index contributed by atoms with van der Waals surface area (Å²) in [6.45, 7) is 0. The number of nitrogens with zero attached hydrogens (tertiary/aromatic N) is 3. The molecule has 0 aliphatic heterocycles. The second kappa shape index (κ2) is 8.39. The van der Waals surface area contributed by atoms with E-state index >= 15 is 4.39 Å². The molecule has 0 radical (unpaired) electrons. The quantitative estimate of drug-likeness (QED) is 0.304. The second-order valence-corrected chi connectivity index (χ2v) is 7.58. The van der Waals surface area contributed by atoms with Crippen molar-refractivity contribution in [2.45, 2.75) is 12.8 Å². The molecule has 1 aromatic heterocycles. The molecule has 4 rings (SSSR count). The number of nitrogen functional groups attached to an aromatic ring is 1. The molecule has 4 N–H and O–H groups in total. The zero-order valence-electron chi connectivity index (χ0n) is 17.4. The molecule has 3 aromatic rings. The van der Waals surface area contributed by atoms with E-state index in [9.17, 15) is 24.1 Å². The summed E-state index contributed by atoms with van der Waals surface area (Å²) in [4.78, 5) is 40.4. The normalized spacial score (nSPS) is 13.7. The van der Waals surface area contributed by atoms with Gasteiger partial charge in [0.15, 0.2) is 11.6 Å². The monoisotopic (exact) mass is 469 g/mol. The summed E-state index contributed by atoms with van der Waals surface area (Å²) in [5, 5.41) is 11.3. The highest BCUT2D eigenvalue weighted by Gasteiger charge is 2.57. The number of nitro groups is 1. The summed E-state index contributed by atoms with van der Waals surface area (Å²) in [5.74, 6) is -4.15. The van der Waals surface area contributed by atoms with Crippen molar-refractivity contribution in [2.75, 3.05) is 10.6 Å². The Morgan fingerprint density at radius 1 is 1.06 bits per heavy atom. The Hall–Kier alpha value is -4.61. The average molecular weight is 469 g/mol. The van der Waals surface area contributed by atoms with E-state index in [1.54, 1.807) is 0 Å². The molecular weight excluding hydrogens is 452 g/mol. The number of pyridine rings is 1. The average Bonchev–Trinajstić information content (AvgIpc) is 3.59. The van der Waals surface area contributed by atoms with Crippen LogP contribution >= 0.6 is 0 Å². The minimum Gasteiger partial charge on any atom is -0.447 e. The zero-order chi connectivity index (χ0) is 24.6. The fourth-order valence-electron chi connectivity index (χ4n) is 3.43. The van der Waals surface area contributed by atoms with Crippen LogP contribution in [0.25, 0.3) is 0 Å². The predicted molar refractivity (Wildman–Crippen MR) is 116 cm³/mol. The van der Waals surface area contributed by atoms with Crippen LogP contribution in [0.2, 0.25) is 0 Å². The minimum atomic E-state index is -1.44. The first kappa shape index (κ1) is 22.6. The lowest BCUT2D eigenvalue weighted by atomic mass is 10.0. The molecule has 0 saturated heterocycles. The van der Waals surface area contributed by atoms with Gasteiger partial charge in [0.1, 0.15) is 11.2 Å². The topological polar surface area (TPSA) is 155 Å². The Labute approximate surface area is 190 Å². The molecular formula is C22H17F2N5O5. The fraction of sp³-hybridized carbons (Fsp3) is 0.136. The Balaban J connectivity index is 1.73. The number of amides is 2. The number of hydrogen-bond donors (Lipinski definition) is 2. The first-order valence-corrected chi connectivity index (χ1v) is 9.90. The van der Waals surface area contributed by atoms with Crippen LogP contribution in [0.4, 0.5) is 31.7 Å². The molecule has 0 spiro atoms. The predicted octanol–water partition coefficient (Wildman–Crippen LogP) is 3.57. The molecule has 0 bridgehead atoms. The van der Waals surface area contributed by atoms with Crippen LogP contribution < -0.4 is 21.1 Å². The van der Waals surface area contributed by atoms with Crippen molar-refractivity contribution >= 4 is 34.7 Å². The van der Waals surface area contributed by atoms with Crippen LogP contribution in [-0.4, -0.2) is 21.7 Å². The maximum Gasteiger partial charge on any atom is 0.353 e. The number of primary amides is 1. The van der Waals surface area contributed by atoms with Gasteiger partial charge in [0.2, 0.25) is 23.4 Å². The summed E-state index contributed by atoms with van der Waals surface area (Å²) < 4.78 is 33.8. The Bertz CT molecular complexity index is 1310. The number of rotatable bonds is 7. The molecule has 12 heteroatoms. The Morgan fingerprint density at radius 3 is 2.26 bits per heavy atom. The highest BCUT2D eigenvalue weighted by molar-refractivity contribution is 6.16. The largest absolute Gasteiger partial charge is 0.447 e. The molecule has 2 amide bonds. The molecule has 0 unspecified atom stereocenters. The van der Waals surface area contributed by atoms with E-state index in [1.165, 1.54) is 18.2 Å². The third-order valence-corrected chi connectivity index (χ3v) is 5.41. The third kappa shape index (κ3) is 3.96. The molecule has 34 heavy (non-hydrogen) atoms. The highest BCUT2D eigenvalue weighted by atomic mass is 19.1. The van der Waals surface area contributed by atoms with Gasteiger partial charge in [0, 0.05) is 24.0 Å². The molecule has 1 heterocycles. The van der Waals surface area contributed by atoms with Crippen molar-refractivity contribution in [3.63, 3.8) is 0 Å². The number of aromatic nitrogens is 1. The molecule has 2 aromatic carbocycles. The van der Waals surface area contributed by atoms with Crippen molar-refractivity contribution in [2.24, 2.45) is 11.1 Å². The molecule has 1 aliphatic rings. The number of ether oxygens (including phenoxy) is 1. The molecule has 0 atom stereocenters. The minimum absolute atomic E-state index is 0.0118. The van der Waals surface area contributed by atoms with Gasteiger partial charge in [-0.05, 0) is 49.2 Å². The number of hydrogen-bond acceptors (Lipinski definition) is 7. The standard InChI is InChI=1S/C22H17F2N5O5/c23-12-1-3-13(4-2-12)28(21(31)22(8-9-22)20(26)30)14-5-6-16(15(24)11-14)34-17-7-10-27-19(25)18(17)29(32)33/h1-7,10-11H,8-9H2,(H2,25,27)(H2,26,30). The number of carbonyl (C=O) groups excluding carboxylic acids is 2. The van der Waals surface area contributed by atoms with E-state index in [-0.39, 0.29) is 35.7 Å². The Morgan fingerprint density at radius 2 is 1.71 bits per heavy atom. The van der Waals surface area contributed by atoms with Crippen LogP contribution in [-0.2, 0) is 9.59 Å². The van der Waals surface area contributed by atoms with E-state index < -0.39 is 45.3 Å². The fourth-order valence-corrected chi connectivity index (χ4v) is 3.43. The van der Waals surface area contributed by atoms with Crippen LogP contribution in [0.1, 0.15) is 12.8 Å². The first-order chi connectivity index (χ1) is 16.1. The van der Waals surface area contributed by atoms with Crippen LogP contribution in [0.15, 0.2) is 54.7 Å². The second-order valence-electron chi connectivity index (χ2n) is 7.58. The van der Waals surface area contributed by atoms with Gasteiger partial charge >= 0.3 is 5.69 Å².